The average Bonchev–Trinajstić information content (AvgIpc) is 2.84. The Labute approximate surface area is 125 Å². The maximum atomic E-state index is 11.8. The molecule has 0 unspecified atom stereocenters. The number of hydrogen-bond acceptors (Lipinski definition) is 6. The summed E-state index contributed by atoms with van der Waals surface area (Å²) in [4.78, 5) is 15.7. The predicted octanol–water partition coefficient (Wildman–Crippen LogP) is 0.745. The molecule has 112 valence electrons. The van der Waals surface area contributed by atoms with Gasteiger partial charge in [-0.25, -0.2) is 23.3 Å². The number of carbonyl (C=O) groups excluding carboxylic acids is 1. The molecular weight excluding hydrogens is 320 g/mol. The van der Waals surface area contributed by atoms with Crippen molar-refractivity contribution in [3.63, 3.8) is 0 Å². The summed E-state index contributed by atoms with van der Waals surface area (Å²) < 4.78 is 29.2. The Bertz CT molecular complexity index is 787. The molecule has 0 bridgehead atoms. The van der Waals surface area contributed by atoms with Crippen LogP contribution in [0.25, 0.3) is 5.82 Å². The number of ether oxygens (including phenoxy) is 1. The number of hydrogen-bond donors (Lipinski definition) is 1. The number of primary sulfonamides is 1. The molecule has 10 heteroatoms. The largest absolute Gasteiger partial charge is 0.462 e. The molecule has 0 aliphatic carbocycles. The maximum absolute atomic E-state index is 11.8. The van der Waals surface area contributed by atoms with Crippen LogP contribution in [0, 0.1) is 0 Å². The number of halogens is 1. The first kappa shape index (κ1) is 15.4. The summed E-state index contributed by atoms with van der Waals surface area (Å²) in [5.41, 5.74) is -0.277. The van der Waals surface area contributed by atoms with Crippen LogP contribution in [-0.4, -0.2) is 35.8 Å². The van der Waals surface area contributed by atoms with Gasteiger partial charge in [-0.1, -0.05) is 11.6 Å². The minimum atomic E-state index is -4.25. The molecule has 0 saturated heterocycles. The van der Waals surface area contributed by atoms with Gasteiger partial charge < -0.3 is 4.74 Å². The Hall–Kier alpha value is -1.97. The standard InChI is InChI=1S/C11H11ClN4O4S/c1-2-20-11(17)7-6-15-16(10(7)21(13,18)19)9-8(12)4-3-5-14-9/h3-6H,2H2,1H3,(H2,13,18,19). The van der Waals surface area contributed by atoms with E-state index in [0.29, 0.717) is 0 Å². The first-order chi connectivity index (χ1) is 9.86. The van der Waals surface area contributed by atoms with Crippen LogP contribution in [-0.2, 0) is 14.8 Å². The van der Waals surface area contributed by atoms with Crippen LogP contribution in [0.15, 0.2) is 29.6 Å². The fraction of sp³-hybridized carbons (Fsp3) is 0.182. The Morgan fingerprint density at radius 2 is 2.24 bits per heavy atom. The zero-order valence-corrected chi connectivity index (χ0v) is 12.4. The molecule has 2 aromatic rings. The maximum Gasteiger partial charge on any atom is 0.342 e. The molecule has 0 aromatic carbocycles. The summed E-state index contributed by atoms with van der Waals surface area (Å²) in [6.45, 7) is 1.67. The van der Waals surface area contributed by atoms with Crippen molar-refractivity contribution in [2.75, 3.05) is 6.61 Å². The highest BCUT2D eigenvalue weighted by Crippen LogP contribution is 2.23. The number of pyridine rings is 1. The van der Waals surface area contributed by atoms with E-state index in [0.717, 1.165) is 10.9 Å². The van der Waals surface area contributed by atoms with Gasteiger partial charge in [-0.2, -0.15) is 9.78 Å². The van der Waals surface area contributed by atoms with Crippen LogP contribution in [0.1, 0.15) is 17.3 Å². The topological polar surface area (TPSA) is 117 Å². The lowest BCUT2D eigenvalue weighted by Gasteiger charge is -2.07. The van der Waals surface area contributed by atoms with E-state index in [1.807, 2.05) is 0 Å². The van der Waals surface area contributed by atoms with E-state index in [1.54, 1.807) is 13.0 Å². The number of nitrogens with zero attached hydrogens (tertiary/aromatic N) is 3. The van der Waals surface area contributed by atoms with Gasteiger partial charge in [0.25, 0.3) is 10.0 Å². The average molecular weight is 331 g/mol. The molecule has 0 spiro atoms. The summed E-state index contributed by atoms with van der Waals surface area (Å²) in [6.07, 6.45) is 2.45. The zero-order chi connectivity index (χ0) is 15.6. The first-order valence-corrected chi connectivity index (χ1v) is 7.67. The molecule has 21 heavy (non-hydrogen) atoms. The lowest BCUT2D eigenvalue weighted by atomic mass is 10.4. The molecule has 2 N–H and O–H groups in total. The molecular formula is C11H11ClN4O4S. The summed E-state index contributed by atoms with van der Waals surface area (Å²) >= 11 is 5.96. The van der Waals surface area contributed by atoms with Gasteiger partial charge in [0.2, 0.25) is 0 Å². The van der Waals surface area contributed by atoms with Crippen LogP contribution in [0.2, 0.25) is 5.02 Å². The summed E-state index contributed by atoms with van der Waals surface area (Å²) in [6, 6.07) is 3.07. The van der Waals surface area contributed by atoms with Gasteiger partial charge in [0, 0.05) is 6.20 Å². The monoisotopic (exact) mass is 330 g/mol. The van der Waals surface area contributed by atoms with E-state index < -0.39 is 21.0 Å². The second kappa shape index (κ2) is 5.80. The Morgan fingerprint density at radius 1 is 1.52 bits per heavy atom. The molecule has 0 radical (unpaired) electrons. The molecule has 8 nitrogen and oxygen atoms in total. The smallest absolute Gasteiger partial charge is 0.342 e. The van der Waals surface area contributed by atoms with Crippen LogP contribution < -0.4 is 5.14 Å². The van der Waals surface area contributed by atoms with E-state index >= 15 is 0 Å². The summed E-state index contributed by atoms with van der Waals surface area (Å²) in [5, 5.41) is 8.61. The van der Waals surface area contributed by atoms with Gasteiger partial charge in [0.05, 0.1) is 17.8 Å². The van der Waals surface area contributed by atoms with Gasteiger partial charge in [-0.05, 0) is 19.1 Å². The van der Waals surface area contributed by atoms with E-state index in [2.05, 4.69) is 10.1 Å². The van der Waals surface area contributed by atoms with Crippen LogP contribution in [0.5, 0.6) is 0 Å². The van der Waals surface area contributed by atoms with Crippen molar-refractivity contribution in [1.82, 2.24) is 14.8 Å². The van der Waals surface area contributed by atoms with E-state index in [9.17, 15) is 13.2 Å². The zero-order valence-electron chi connectivity index (χ0n) is 10.9. The molecule has 2 rings (SSSR count). The molecule has 0 aliphatic heterocycles. The van der Waals surface area contributed by atoms with E-state index in [1.165, 1.54) is 12.3 Å². The van der Waals surface area contributed by atoms with Gasteiger partial charge >= 0.3 is 5.97 Å². The van der Waals surface area contributed by atoms with Crippen LogP contribution >= 0.6 is 11.6 Å². The van der Waals surface area contributed by atoms with Crippen molar-refractivity contribution in [3.05, 3.63) is 35.1 Å². The number of rotatable bonds is 4. The van der Waals surface area contributed by atoms with Crippen molar-refractivity contribution in [3.8, 4) is 5.82 Å². The molecule has 0 amide bonds. The molecule has 0 aliphatic rings. The minimum Gasteiger partial charge on any atom is -0.462 e. The van der Waals surface area contributed by atoms with Gasteiger partial charge in [-0.15, -0.1) is 0 Å². The van der Waals surface area contributed by atoms with Crippen molar-refractivity contribution < 1.29 is 17.9 Å². The van der Waals surface area contributed by atoms with Crippen LogP contribution in [0.4, 0.5) is 0 Å². The third-order valence-corrected chi connectivity index (χ3v) is 3.66. The second-order valence-corrected chi connectivity index (χ2v) is 5.73. The normalized spacial score (nSPS) is 11.4. The molecule has 0 fully saturated rings. The first-order valence-electron chi connectivity index (χ1n) is 5.75. The Kier molecular flexibility index (Phi) is 4.26. The molecule has 0 atom stereocenters. The lowest BCUT2D eigenvalue weighted by molar-refractivity contribution is 0.0521. The summed E-state index contributed by atoms with van der Waals surface area (Å²) in [5.74, 6) is -0.807. The third-order valence-electron chi connectivity index (χ3n) is 2.43. The lowest BCUT2D eigenvalue weighted by Crippen LogP contribution is -2.21. The van der Waals surface area contributed by atoms with E-state index in [4.69, 9.17) is 21.5 Å². The SMILES string of the molecule is CCOC(=O)c1cnn(-c2ncccc2Cl)c1S(N)(=O)=O. The van der Waals surface area contributed by atoms with Crippen LogP contribution in [0.3, 0.4) is 0 Å². The van der Waals surface area contributed by atoms with Gasteiger partial charge in [0.1, 0.15) is 5.56 Å². The van der Waals surface area contributed by atoms with Crippen molar-refractivity contribution in [2.24, 2.45) is 5.14 Å². The second-order valence-electron chi connectivity index (χ2n) is 3.85. The van der Waals surface area contributed by atoms with Crippen molar-refractivity contribution >= 4 is 27.6 Å². The van der Waals surface area contributed by atoms with Gasteiger partial charge in [0.15, 0.2) is 10.8 Å². The quantitative estimate of drug-likeness (QED) is 0.826. The Morgan fingerprint density at radius 3 is 2.81 bits per heavy atom. The Balaban J connectivity index is 2.70. The number of nitrogens with two attached hydrogens (primary N) is 1. The minimum absolute atomic E-state index is 0.0405. The predicted molar refractivity (Wildman–Crippen MR) is 73.7 cm³/mol. The van der Waals surface area contributed by atoms with Crippen molar-refractivity contribution in [1.29, 1.82) is 0 Å². The summed E-state index contributed by atoms with van der Waals surface area (Å²) in [7, 11) is -4.25. The fourth-order valence-corrected chi connectivity index (χ4v) is 2.66. The molecule has 2 heterocycles. The molecule has 0 saturated carbocycles. The van der Waals surface area contributed by atoms with Crippen molar-refractivity contribution in [2.45, 2.75) is 11.9 Å². The fourth-order valence-electron chi connectivity index (χ4n) is 1.64. The number of esters is 1. The highest BCUT2D eigenvalue weighted by atomic mass is 35.5. The van der Waals surface area contributed by atoms with E-state index in [-0.39, 0.29) is 23.0 Å². The highest BCUT2D eigenvalue weighted by molar-refractivity contribution is 7.89. The van der Waals surface area contributed by atoms with Gasteiger partial charge in [-0.3, -0.25) is 0 Å². The number of carbonyl (C=O) groups is 1. The molecule has 2 aromatic heterocycles. The number of aromatic nitrogens is 3. The highest BCUT2D eigenvalue weighted by Gasteiger charge is 2.28. The number of sulfonamides is 1. The third kappa shape index (κ3) is 3.04.